The predicted octanol–water partition coefficient (Wildman–Crippen LogP) is 0.961. The lowest BCUT2D eigenvalue weighted by Gasteiger charge is -2.13. The van der Waals surface area contributed by atoms with Crippen molar-refractivity contribution in [1.29, 1.82) is 0 Å². The Morgan fingerprint density at radius 3 is 2.79 bits per heavy atom. The van der Waals surface area contributed by atoms with Crippen molar-refractivity contribution >= 4 is 23.6 Å². The van der Waals surface area contributed by atoms with Gasteiger partial charge in [-0.2, -0.15) is 0 Å². The van der Waals surface area contributed by atoms with Crippen LogP contribution in [0, 0.1) is 0 Å². The van der Waals surface area contributed by atoms with Crippen LogP contribution in [0.15, 0.2) is 9.64 Å². The molecule has 0 aliphatic carbocycles. The molecule has 0 aromatic carbocycles. The Morgan fingerprint density at radius 2 is 2.11 bits per heavy atom. The maximum Gasteiger partial charge on any atom is 0.396 e. The first-order valence-corrected chi connectivity index (χ1v) is 7.10. The number of amides is 1. The van der Waals surface area contributed by atoms with Crippen LogP contribution >= 0.6 is 11.8 Å². The van der Waals surface area contributed by atoms with E-state index in [0.29, 0.717) is 0 Å². The lowest BCUT2D eigenvalue weighted by molar-refractivity contribution is -0.127. The maximum atomic E-state index is 11.8. The molecule has 0 N–H and O–H groups in total. The summed E-state index contributed by atoms with van der Waals surface area (Å²) in [7, 11) is 0. The van der Waals surface area contributed by atoms with Crippen LogP contribution in [0.5, 0.6) is 0 Å². The van der Waals surface area contributed by atoms with Gasteiger partial charge in [-0.3, -0.25) is 4.79 Å². The summed E-state index contributed by atoms with van der Waals surface area (Å²) in [4.78, 5) is 24.9. The molecule has 19 heavy (non-hydrogen) atoms. The lowest BCUT2D eigenvalue weighted by Crippen LogP contribution is -2.29. The van der Waals surface area contributed by atoms with Gasteiger partial charge in [0.2, 0.25) is 5.91 Å². The molecule has 2 rings (SSSR count). The van der Waals surface area contributed by atoms with Crippen LogP contribution < -0.4 is 0 Å². The molecule has 1 fully saturated rings. The van der Waals surface area contributed by atoms with Crippen molar-refractivity contribution in [3.8, 4) is 0 Å². The van der Waals surface area contributed by atoms with Crippen molar-refractivity contribution in [2.75, 3.05) is 25.4 Å². The Morgan fingerprint density at radius 1 is 1.37 bits per heavy atom. The average molecular weight is 285 g/mol. The van der Waals surface area contributed by atoms with Crippen molar-refractivity contribution in [3.05, 3.63) is 5.89 Å². The zero-order chi connectivity index (χ0) is 13.7. The molecule has 1 aromatic heterocycles. The van der Waals surface area contributed by atoms with Gasteiger partial charge in [-0.05, 0) is 19.8 Å². The van der Waals surface area contributed by atoms with E-state index in [4.69, 9.17) is 9.15 Å². The van der Waals surface area contributed by atoms with E-state index in [1.807, 2.05) is 4.90 Å². The number of nitrogens with zero attached hydrogens (tertiary/aromatic N) is 3. The van der Waals surface area contributed by atoms with Crippen molar-refractivity contribution < 1.29 is 18.7 Å². The van der Waals surface area contributed by atoms with Crippen LogP contribution in [0.3, 0.4) is 0 Å². The molecular weight excluding hydrogens is 270 g/mol. The number of esters is 1. The van der Waals surface area contributed by atoms with E-state index in [0.717, 1.165) is 37.7 Å². The van der Waals surface area contributed by atoms with Gasteiger partial charge in [-0.25, -0.2) is 4.79 Å². The van der Waals surface area contributed by atoms with E-state index in [1.165, 1.54) is 0 Å². The first kappa shape index (κ1) is 13.9. The summed E-state index contributed by atoms with van der Waals surface area (Å²) in [6, 6.07) is 0. The first-order valence-electron chi connectivity index (χ1n) is 6.12. The van der Waals surface area contributed by atoms with Gasteiger partial charge >= 0.3 is 11.9 Å². The number of ether oxygens (including phenoxy) is 1. The lowest BCUT2D eigenvalue weighted by atomic mass is 10.4. The molecule has 0 spiro atoms. The molecule has 0 unspecified atom stereocenters. The average Bonchev–Trinajstić information content (AvgIpc) is 3.07. The minimum Gasteiger partial charge on any atom is -0.459 e. The quantitative estimate of drug-likeness (QED) is 0.588. The third-order valence-electron chi connectivity index (χ3n) is 2.63. The molecule has 1 aromatic rings. The topological polar surface area (TPSA) is 85.5 Å². The fraction of sp³-hybridized carbons (Fsp3) is 0.636. The van der Waals surface area contributed by atoms with E-state index >= 15 is 0 Å². The summed E-state index contributed by atoms with van der Waals surface area (Å²) in [5.41, 5.74) is 0. The summed E-state index contributed by atoms with van der Waals surface area (Å²) in [5.74, 6) is -0.533. The number of hydrogen-bond donors (Lipinski definition) is 0. The highest BCUT2D eigenvalue weighted by Gasteiger charge is 2.20. The maximum absolute atomic E-state index is 11.8. The molecule has 1 aliphatic rings. The van der Waals surface area contributed by atoms with Crippen LogP contribution in [-0.4, -0.2) is 52.4 Å². The van der Waals surface area contributed by atoms with Crippen LogP contribution in [0.1, 0.15) is 30.5 Å². The number of carbonyl (C=O) groups excluding carboxylic acids is 2. The van der Waals surface area contributed by atoms with Gasteiger partial charge in [0.15, 0.2) is 0 Å². The zero-order valence-corrected chi connectivity index (χ0v) is 11.4. The van der Waals surface area contributed by atoms with E-state index < -0.39 is 5.97 Å². The summed E-state index contributed by atoms with van der Waals surface area (Å²) in [6.07, 6.45) is 2.12. The van der Waals surface area contributed by atoms with Crippen LogP contribution in [-0.2, 0) is 9.53 Å². The molecule has 8 heteroatoms. The van der Waals surface area contributed by atoms with E-state index in [2.05, 4.69) is 10.2 Å². The fourth-order valence-electron chi connectivity index (χ4n) is 1.72. The number of aromatic nitrogens is 2. The molecule has 2 heterocycles. The molecule has 0 bridgehead atoms. The number of carbonyl (C=O) groups is 2. The Bertz CT molecular complexity index is 457. The summed E-state index contributed by atoms with van der Waals surface area (Å²) in [6.45, 7) is 3.57. The third-order valence-corrected chi connectivity index (χ3v) is 3.44. The van der Waals surface area contributed by atoms with Crippen LogP contribution in [0.25, 0.3) is 0 Å². The van der Waals surface area contributed by atoms with Gasteiger partial charge < -0.3 is 14.1 Å². The Hall–Kier alpha value is -1.57. The molecule has 1 saturated heterocycles. The minimum atomic E-state index is -0.646. The first-order chi connectivity index (χ1) is 9.20. The summed E-state index contributed by atoms with van der Waals surface area (Å²) in [5, 5.41) is 7.47. The second-order valence-electron chi connectivity index (χ2n) is 3.97. The largest absolute Gasteiger partial charge is 0.459 e. The molecule has 7 nitrogen and oxygen atoms in total. The monoisotopic (exact) mass is 285 g/mol. The van der Waals surface area contributed by atoms with E-state index in [-0.39, 0.29) is 29.4 Å². The molecule has 1 aliphatic heterocycles. The molecular formula is C11H15N3O4S. The van der Waals surface area contributed by atoms with Crippen molar-refractivity contribution in [3.63, 3.8) is 0 Å². The molecule has 0 atom stereocenters. The number of rotatable bonds is 5. The second kappa shape index (κ2) is 6.55. The highest BCUT2D eigenvalue weighted by molar-refractivity contribution is 7.99. The van der Waals surface area contributed by atoms with E-state index in [9.17, 15) is 9.59 Å². The Kier molecular flexibility index (Phi) is 4.78. The van der Waals surface area contributed by atoms with Gasteiger partial charge in [-0.15, -0.1) is 5.10 Å². The number of thioether (sulfide) groups is 1. The molecule has 0 saturated carbocycles. The summed E-state index contributed by atoms with van der Waals surface area (Å²) >= 11 is 1.13. The minimum absolute atomic E-state index is 0.0541. The van der Waals surface area contributed by atoms with Gasteiger partial charge in [-0.1, -0.05) is 16.9 Å². The smallest absolute Gasteiger partial charge is 0.396 e. The standard InChI is InChI=1S/C11H15N3O4S/c1-2-17-10(16)9-12-13-11(18-9)19-7-8(15)14-5-3-4-6-14/h2-7H2,1H3. The van der Waals surface area contributed by atoms with Gasteiger partial charge in [0.05, 0.1) is 12.4 Å². The van der Waals surface area contributed by atoms with Crippen LogP contribution in [0.2, 0.25) is 0 Å². The SMILES string of the molecule is CCOC(=O)c1nnc(SCC(=O)N2CCCC2)o1. The van der Waals surface area contributed by atoms with Crippen molar-refractivity contribution in [2.45, 2.75) is 25.0 Å². The van der Waals surface area contributed by atoms with Crippen LogP contribution in [0.4, 0.5) is 0 Å². The van der Waals surface area contributed by atoms with Gasteiger partial charge in [0, 0.05) is 13.1 Å². The number of likely N-dealkylation sites (tertiary alicyclic amines) is 1. The van der Waals surface area contributed by atoms with Crippen molar-refractivity contribution in [1.82, 2.24) is 15.1 Å². The highest BCUT2D eigenvalue weighted by Crippen LogP contribution is 2.18. The number of hydrogen-bond acceptors (Lipinski definition) is 7. The third kappa shape index (κ3) is 3.69. The summed E-state index contributed by atoms with van der Waals surface area (Å²) < 4.78 is 9.84. The second-order valence-corrected chi connectivity index (χ2v) is 4.90. The fourth-order valence-corrected chi connectivity index (χ4v) is 2.39. The normalized spacial score (nSPS) is 14.7. The predicted molar refractivity (Wildman–Crippen MR) is 66.8 cm³/mol. The van der Waals surface area contributed by atoms with E-state index in [1.54, 1.807) is 6.92 Å². The highest BCUT2D eigenvalue weighted by atomic mass is 32.2. The zero-order valence-electron chi connectivity index (χ0n) is 10.6. The van der Waals surface area contributed by atoms with Gasteiger partial charge in [0.1, 0.15) is 0 Å². The van der Waals surface area contributed by atoms with Gasteiger partial charge in [0.25, 0.3) is 5.22 Å². The Balaban J connectivity index is 1.82. The molecule has 1 amide bonds. The van der Waals surface area contributed by atoms with Crippen molar-refractivity contribution in [2.24, 2.45) is 0 Å². The molecule has 0 radical (unpaired) electrons. The Labute approximate surface area is 114 Å². The molecule has 104 valence electrons.